The Bertz CT molecular complexity index is 701. The third-order valence-corrected chi connectivity index (χ3v) is 4.48. The van der Waals surface area contributed by atoms with E-state index in [0.717, 1.165) is 18.2 Å². The summed E-state index contributed by atoms with van der Waals surface area (Å²) in [5.74, 6) is -1.29. The van der Waals surface area contributed by atoms with Crippen LogP contribution in [0, 0.1) is 5.82 Å². The number of rotatable bonds is 7. The second kappa shape index (κ2) is 6.69. The molecule has 0 saturated carbocycles. The lowest BCUT2D eigenvalue weighted by atomic mass is 10.3. The maximum Gasteiger partial charge on any atom is 0.238 e. The molecular weight excluding hydrogens is 323 g/mol. The van der Waals surface area contributed by atoms with Gasteiger partial charge in [-0.1, -0.05) is 0 Å². The van der Waals surface area contributed by atoms with E-state index in [-0.39, 0.29) is 23.4 Å². The van der Waals surface area contributed by atoms with E-state index >= 15 is 0 Å². The van der Waals surface area contributed by atoms with Crippen molar-refractivity contribution in [3.63, 3.8) is 0 Å². The van der Waals surface area contributed by atoms with Crippen molar-refractivity contribution >= 4 is 25.7 Å². The van der Waals surface area contributed by atoms with Crippen LogP contribution in [0.4, 0.5) is 10.1 Å². The van der Waals surface area contributed by atoms with Gasteiger partial charge in [-0.25, -0.2) is 26.4 Å². The van der Waals surface area contributed by atoms with E-state index in [1.54, 1.807) is 13.8 Å². The fourth-order valence-electron chi connectivity index (χ4n) is 1.37. The summed E-state index contributed by atoms with van der Waals surface area (Å²) >= 11 is 0. The second-order valence-electron chi connectivity index (χ2n) is 4.53. The van der Waals surface area contributed by atoms with Gasteiger partial charge in [0.05, 0.1) is 29.0 Å². The number of sulfonamides is 2. The highest BCUT2D eigenvalue weighted by atomic mass is 32.2. The summed E-state index contributed by atoms with van der Waals surface area (Å²) in [5, 5.41) is 4.91. The third kappa shape index (κ3) is 5.96. The fourth-order valence-corrected chi connectivity index (χ4v) is 2.82. The van der Waals surface area contributed by atoms with Crippen molar-refractivity contribution in [1.82, 2.24) is 0 Å². The van der Waals surface area contributed by atoms with Crippen molar-refractivity contribution in [1.29, 1.82) is 0 Å². The zero-order chi connectivity index (χ0) is 16.3. The summed E-state index contributed by atoms with van der Waals surface area (Å²) in [6.07, 6.45) is -0.136. The molecule has 0 amide bonds. The maximum absolute atomic E-state index is 13.5. The van der Waals surface area contributed by atoms with Crippen LogP contribution in [0.3, 0.4) is 0 Å². The number of nitrogens with one attached hydrogen (secondary N) is 1. The molecule has 120 valence electrons. The summed E-state index contributed by atoms with van der Waals surface area (Å²) in [6, 6.07) is 2.60. The fraction of sp³-hybridized carbons (Fsp3) is 0.455. The number of nitrogens with two attached hydrogens (primary N) is 1. The van der Waals surface area contributed by atoms with Crippen molar-refractivity contribution in [2.24, 2.45) is 5.14 Å². The molecule has 7 nitrogen and oxygen atoms in total. The number of benzene rings is 1. The number of halogens is 1. The first-order valence-corrected chi connectivity index (χ1v) is 9.15. The molecule has 0 aliphatic heterocycles. The molecular formula is C11H17FN2O5S2. The van der Waals surface area contributed by atoms with Crippen molar-refractivity contribution < 1.29 is 26.0 Å². The molecule has 0 atom stereocenters. The molecule has 0 unspecified atom stereocenters. The van der Waals surface area contributed by atoms with Gasteiger partial charge in [0.15, 0.2) is 0 Å². The van der Waals surface area contributed by atoms with E-state index in [1.807, 2.05) is 4.72 Å². The van der Waals surface area contributed by atoms with E-state index in [1.165, 1.54) is 0 Å². The van der Waals surface area contributed by atoms with Gasteiger partial charge in [-0.2, -0.15) is 0 Å². The predicted molar refractivity (Wildman–Crippen MR) is 76.3 cm³/mol. The summed E-state index contributed by atoms with van der Waals surface area (Å²) in [4.78, 5) is -0.389. The molecule has 0 heterocycles. The van der Waals surface area contributed by atoms with Crippen LogP contribution in [0.1, 0.15) is 13.8 Å². The predicted octanol–water partition coefficient (Wildman–Crippen LogP) is 0.640. The van der Waals surface area contributed by atoms with Crippen molar-refractivity contribution in [3.05, 3.63) is 24.0 Å². The van der Waals surface area contributed by atoms with Crippen molar-refractivity contribution in [3.8, 4) is 0 Å². The molecule has 0 aromatic heterocycles. The van der Waals surface area contributed by atoms with Crippen LogP contribution in [0.2, 0.25) is 0 Å². The monoisotopic (exact) mass is 340 g/mol. The molecule has 1 rings (SSSR count). The van der Waals surface area contributed by atoms with Crippen LogP contribution in [-0.2, 0) is 24.8 Å². The first-order valence-electron chi connectivity index (χ1n) is 5.96. The molecule has 0 spiro atoms. The van der Waals surface area contributed by atoms with E-state index < -0.39 is 31.6 Å². The van der Waals surface area contributed by atoms with Crippen LogP contribution in [0.25, 0.3) is 0 Å². The largest absolute Gasteiger partial charge is 0.378 e. The quantitative estimate of drug-likeness (QED) is 0.756. The number of anilines is 1. The second-order valence-corrected chi connectivity index (χ2v) is 7.93. The van der Waals surface area contributed by atoms with Gasteiger partial charge in [0.1, 0.15) is 5.82 Å². The molecule has 0 aliphatic rings. The number of primary sulfonamides is 1. The lowest BCUT2D eigenvalue weighted by molar-refractivity contribution is 0.0913. The summed E-state index contributed by atoms with van der Waals surface area (Å²) in [5.41, 5.74) is -0.480. The van der Waals surface area contributed by atoms with E-state index in [4.69, 9.17) is 9.88 Å². The minimum Gasteiger partial charge on any atom is -0.378 e. The zero-order valence-electron chi connectivity index (χ0n) is 11.5. The zero-order valence-corrected chi connectivity index (χ0v) is 13.2. The number of hydrogen-bond donors (Lipinski definition) is 2. The molecule has 1 aromatic carbocycles. The average molecular weight is 340 g/mol. The lowest BCUT2D eigenvalue weighted by Crippen LogP contribution is -2.22. The van der Waals surface area contributed by atoms with Gasteiger partial charge in [0.25, 0.3) is 0 Å². The Labute approximate surface area is 123 Å². The Morgan fingerprint density at radius 2 is 1.90 bits per heavy atom. The first kappa shape index (κ1) is 17.8. The standard InChI is InChI=1S/C11H17FN2O5S2/c1-8(2)19-5-6-20(15,16)14-11-7-9(21(13,17)18)3-4-10(11)12/h3-4,7-8,14H,5-6H2,1-2H3,(H2,13,17,18). The van der Waals surface area contributed by atoms with Gasteiger partial charge in [-0.15, -0.1) is 0 Å². The summed E-state index contributed by atoms with van der Waals surface area (Å²) in [7, 11) is -7.92. The molecule has 10 heteroatoms. The third-order valence-electron chi connectivity index (χ3n) is 2.34. The van der Waals surface area contributed by atoms with Gasteiger partial charge < -0.3 is 4.74 Å². The number of ether oxygens (including phenoxy) is 1. The van der Waals surface area contributed by atoms with Crippen LogP contribution in [0.15, 0.2) is 23.1 Å². The molecule has 21 heavy (non-hydrogen) atoms. The van der Waals surface area contributed by atoms with Gasteiger partial charge in [-0.3, -0.25) is 4.72 Å². The minimum atomic E-state index is -4.05. The van der Waals surface area contributed by atoms with Crippen molar-refractivity contribution in [2.75, 3.05) is 17.1 Å². The molecule has 0 fully saturated rings. The van der Waals surface area contributed by atoms with Crippen LogP contribution < -0.4 is 9.86 Å². The van der Waals surface area contributed by atoms with Crippen LogP contribution in [-0.4, -0.2) is 35.3 Å². The highest BCUT2D eigenvalue weighted by Crippen LogP contribution is 2.20. The van der Waals surface area contributed by atoms with E-state index in [0.29, 0.717) is 0 Å². The highest BCUT2D eigenvalue weighted by Gasteiger charge is 2.17. The van der Waals surface area contributed by atoms with Gasteiger partial charge >= 0.3 is 0 Å². The Kier molecular flexibility index (Phi) is 5.68. The Hall–Kier alpha value is -1.23. The Balaban J connectivity index is 2.91. The highest BCUT2D eigenvalue weighted by molar-refractivity contribution is 7.92. The average Bonchev–Trinajstić information content (AvgIpc) is 2.29. The summed E-state index contributed by atoms with van der Waals surface area (Å²) < 4.78 is 66.5. The van der Waals surface area contributed by atoms with Gasteiger partial charge in [0.2, 0.25) is 20.0 Å². The van der Waals surface area contributed by atoms with Crippen molar-refractivity contribution in [2.45, 2.75) is 24.8 Å². The normalized spacial score (nSPS) is 12.6. The van der Waals surface area contributed by atoms with Gasteiger partial charge in [-0.05, 0) is 32.0 Å². The van der Waals surface area contributed by atoms with Crippen LogP contribution >= 0.6 is 0 Å². The SMILES string of the molecule is CC(C)OCCS(=O)(=O)Nc1cc(S(N)(=O)=O)ccc1F. The Morgan fingerprint density at radius 3 is 2.43 bits per heavy atom. The molecule has 0 bridgehead atoms. The van der Waals surface area contributed by atoms with Gasteiger partial charge in [0, 0.05) is 0 Å². The molecule has 0 saturated heterocycles. The molecule has 3 N–H and O–H groups in total. The van der Waals surface area contributed by atoms with E-state index in [2.05, 4.69) is 0 Å². The number of hydrogen-bond acceptors (Lipinski definition) is 5. The summed E-state index contributed by atoms with van der Waals surface area (Å²) in [6.45, 7) is 3.42. The Morgan fingerprint density at radius 1 is 1.29 bits per heavy atom. The molecule has 0 aliphatic carbocycles. The van der Waals surface area contributed by atoms with Crippen LogP contribution in [0.5, 0.6) is 0 Å². The molecule has 0 radical (unpaired) electrons. The minimum absolute atomic E-state index is 0.0660. The lowest BCUT2D eigenvalue weighted by Gasteiger charge is -2.11. The smallest absolute Gasteiger partial charge is 0.238 e. The first-order chi connectivity index (χ1) is 9.51. The maximum atomic E-state index is 13.5. The van der Waals surface area contributed by atoms with E-state index in [9.17, 15) is 21.2 Å². The topological polar surface area (TPSA) is 116 Å². The molecule has 1 aromatic rings.